The average Bonchev–Trinajstić information content (AvgIpc) is 2.32. The lowest BCUT2D eigenvalue weighted by Gasteiger charge is -2.05. The summed E-state index contributed by atoms with van der Waals surface area (Å²) in [4.78, 5) is 11.6. The van der Waals surface area contributed by atoms with Gasteiger partial charge in [0.05, 0.1) is 18.2 Å². The Morgan fingerprint density at radius 1 is 1.29 bits per heavy atom. The fourth-order valence-electron chi connectivity index (χ4n) is 1.54. The highest BCUT2D eigenvalue weighted by atomic mass is 19.1. The van der Waals surface area contributed by atoms with Crippen molar-refractivity contribution in [3.63, 3.8) is 0 Å². The van der Waals surface area contributed by atoms with Crippen LogP contribution in [0, 0.1) is 17.1 Å². The van der Waals surface area contributed by atoms with Gasteiger partial charge in [-0.1, -0.05) is 12.1 Å². The van der Waals surface area contributed by atoms with Crippen molar-refractivity contribution < 1.29 is 4.39 Å². The third-order valence-corrected chi connectivity index (χ3v) is 2.37. The molecule has 0 atom stereocenters. The molecule has 0 saturated heterocycles. The predicted octanol–water partition coefficient (Wildman–Crippen LogP) is 1.91. The first-order chi connectivity index (χ1) is 8.19. The first kappa shape index (κ1) is 11.1. The molecule has 0 amide bonds. The van der Waals surface area contributed by atoms with E-state index in [1.54, 1.807) is 18.2 Å². The molecule has 0 saturated carbocycles. The van der Waals surface area contributed by atoms with Crippen molar-refractivity contribution in [2.75, 3.05) is 0 Å². The minimum absolute atomic E-state index is 0.270. The van der Waals surface area contributed by atoms with Gasteiger partial charge < -0.3 is 4.57 Å². The van der Waals surface area contributed by atoms with Crippen molar-refractivity contribution >= 4 is 0 Å². The summed E-state index contributed by atoms with van der Waals surface area (Å²) in [7, 11) is 0. The van der Waals surface area contributed by atoms with Crippen molar-refractivity contribution in [2.45, 2.75) is 6.54 Å². The summed E-state index contributed by atoms with van der Waals surface area (Å²) in [5.41, 5.74) is 0.760. The number of nitrogens with zero attached hydrogens (tertiary/aromatic N) is 2. The van der Waals surface area contributed by atoms with Crippen molar-refractivity contribution in [3.8, 4) is 6.07 Å². The Morgan fingerprint density at radius 2 is 2.12 bits per heavy atom. The Kier molecular flexibility index (Phi) is 3.01. The number of hydrogen-bond donors (Lipinski definition) is 0. The van der Waals surface area contributed by atoms with Gasteiger partial charge in [0, 0.05) is 12.3 Å². The Hall–Kier alpha value is -2.41. The molecule has 2 aromatic rings. The Labute approximate surface area is 97.4 Å². The van der Waals surface area contributed by atoms with Crippen LogP contribution in [0.1, 0.15) is 11.1 Å². The van der Waals surface area contributed by atoms with Crippen LogP contribution in [0.25, 0.3) is 0 Å². The van der Waals surface area contributed by atoms with Gasteiger partial charge in [0.15, 0.2) is 0 Å². The van der Waals surface area contributed by atoms with E-state index in [0.29, 0.717) is 17.7 Å². The van der Waals surface area contributed by atoms with Gasteiger partial charge in [0.1, 0.15) is 5.82 Å². The Morgan fingerprint density at radius 3 is 2.76 bits per heavy atom. The molecule has 0 N–H and O–H groups in total. The van der Waals surface area contributed by atoms with E-state index in [1.165, 1.54) is 29.0 Å². The number of pyridine rings is 1. The van der Waals surface area contributed by atoms with Gasteiger partial charge in [-0.3, -0.25) is 4.79 Å². The molecular weight excluding hydrogens is 219 g/mol. The highest BCUT2D eigenvalue weighted by Gasteiger charge is 2.00. The maximum absolute atomic E-state index is 13.0. The van der Waals surface area contributed by atoms with Crippen LogP contribution in [0.2, 0.25) is 0 Å². The van der Waals surface area contributed by atoms with E-state index < -0.39 is 0 Å². The molecular formula is C13H9FN2O. The molecule has 0 unspecified atom stereocenters. The lowest BCUT2D eigenvalue weighted by molar-refractivity contribution is 0.622. The second kappa shape index (κ2) is 4.62. The zero-order valence-electron chi connectivity index (χ0n) is 8.93. The Bertz CT molecular complexity index is 640. The first-order valence-corrected chi connectivity index (χ1v) is 5.04. The summed E-state index contributed by atoms with van der Waals surface area (Å²) < 4.78 is 14.4. The normalized spacial score (nSPS) is 9.88. The summed E-state index contributed by atoms with van der Waals surface area (Å²) in [6, 6.07) is 10.8. The minimum Gasteiger partial charge on any atom is -0.311 e. The number of benzene rings is 1. The minimum atomic E-state index is -0.329. The van der Waals surface area contributed by atoms with Gasteiger partial charge in [-0.15, -0.1) is 0 Å². The highest BCUT2D eigenvalue weighted by molar-refractivity contribution is 5.26. The number of rotatable bonds is 2. The highest BCUT2D eigenvalue weighted by Crippen LogP contribution is 2.05. The number of halogens is 1. The molecule has 0 fully saturated rings. The van der Waals surface area contributed by atoms with E-state index >= 15 is 0 Å². The van der Waals surface area contributed by atoms with Gasteiger partial charge in [0.2, 0.25) is 0 Å². The summed E-state index contributed by atoms with van der Waals surface area (Å²) in [5, 5.41) is 8.63. The van der Waals surface area contributed by atoms with Crippen LogP contribution in [0.4, 0.5) is 4.39 Å². The van der Waals surface area contributed by atoms with Crippen molar-refractivity contribution in [3.05, 3.63) is 69.9 Å². The molecule has 1 aromatic carbocycles. The van der Waals surface area contributed by atoms with E-state index in [2.05, 4.69) is 0 Å². The maximum atomic E-state index is 13.0. The van der Waals surface area contributed by atoms with Crippen molar-refractivity contribution in [1.29, 1.82) is 5.26 Å². The molecule has 0 aliphatic carbocycles. The number of hydrogen-bond acceptors (Lipinski definition) is 2. The lowest BCUT2D eigenvalue weighted by atomic mass is 10.2. The molecule has 0 bridgehead atoms. The van der Waals surface area contributed by atoms with Crippen LogP contribution >= 0.6 is 0 Å². The largest absolute Gasteiger partial charge is 0.311 e. The third-order valence-electron chi connectivity index (χ3n) is 2.37. The molecule has 0 aliphatic heterocycles. The van der Waals surface area contributed by atoms with E-state index in [0.717, 1.165) is 0 Å². The second-order valence-electron chi connectivity index (χ2n) is 3.62. The zero-order valence-corrected chi connectivity index (χ0v) is 8.93. The topological polar surface area (TPSA) is 45.8 Å². The molecule has 1 heterocycles. The van der Waals surface area contributed by atoms with Crippen LogP contribution in [-0.4, -0.2) is 4.57 Å². The number of nitriles is 1. The Balaban J connectivity index is 2.31. The van der Waals surface area contributed by atoms with Gasteiger partial charge in [-0.25, -0.2) is 4.39 Å². The molecule has 0 aliphatic rings. The molecule has 17 heavy (non-hydrogen) atoms. The van der Waals surface area contributed by atoms with Crippen LogP contribution in [0.3, 0.4) is 0 Å². The third kappa shape index (κ3) is 2.58. The van der Waals surface area contributed by atoms with E-state index in [-0.39, 0.29) is 11.4 Å². The first-order valence-electron chi connectivity index (χ1n) is 5.04. The van der Waals surface area contributed by atoms with Gasteiger partial charge in [-0.05, 0) is 23.8 Å². The van der Waals surface area contributed by atoms with Crippen LogP contribution in [0.15, 0.2) is 47.4 Å². The van der Waals surface area contributed by atoms with Gasteiger partial charge in [0.25, 0.3) is 5.56 Å². The second-order valence-corrected chi connectivity index (χ2v) is 3.62. The number of aromatic nitrogens is 1. The van der Waals surface area contributed by atoms with E-state index in [9.17, 15) is 9.18 Å². The summed E-state index contributed by atoms with van der Waals surface area (Å²) in [5.74, 6) is -0.329. The average molecular weight is 228 g/mol. The van der Waals surface area contributed by atoms with Gasteiger partial charge >= 0.3 is 0 Å². The fraction of sp³-hybridized carbons (Fsp3) is 0.0769. The van der Waals surface area contributed by atoms with Crippen molar-refractivity contribution in [1.82, 2.24) is 4.57 Å². The van der Waals surface area contributed by atoms with E-state index in [4.69, 9.17) is 5.26 Å². The van der Waals surface area contributed by atoms with E-state index in [1.807, 2.05) is 6.07 Å². The standard InChI is InChI=1S/C13H9FN2O/c14-12-3-1-2-11(6-12)9-16-5-4-10(8-15)7-13(16)17/h1-7H,9H2. The summed E-state index contributed by atoms with van der Waals surface area (Å²) in [6.45, 7) is 0.294. The molecule has 0 radical (unpaired) electrons. The SMILES string of the molecule is N#Cc1ccn(Cc2cccc(F)c2)c(=O)c1. The summed E-state index contributed by atoms with van der Waals surface area (Å²) >= 11 is 0. The van der Waals surface area contributed by atoms with Crippen LogP contribution in [0.5, 0.6) is 0 Å². The van der Waals surface area contributed by atoms with Gasteiger partial charge in [-0.2, -0.15) is 5.26 Å². The van der Waals surface area contributed by atoms with Crippen LogP contribution in [-0.2, 0) is 6.54 Å². The molecule has 1 aromatic heterocycles. The fourth-order valence-corrected chi connectivity index (χ4v) is 1.54. The van der Waals surface area contributed by atoms with Crippen molar-refractivity contribution in [2.24, 2.45) is 0 Å². The molecule has 0 spiro atoms. The smallest absolute Gasteiger partial charge is 0.252 e. The predicted molar refractivity (Wildman–Crippen MR) is 60.9 cm³/mol. The monoisotopic (exact) mass is 228 g/mol. The maximum Gasteiger partial charge on any atom is 0.252 e. The molecule has 84 valence electrons. The molecule has 3 nitrogen and oxygen atoms in total. The van der Waals surface area contributed by atoms with Crippen LogP contribution < -0.4 is 5.56 Å². The molecule has 4 heteroatoms. The lowest BCUT2D eigenvalue weighted by Crippen LogP contribution is -2.19. The molecule has 2 rings (SSSR count). The summed E-state index contributed by atoms with van der Waals surface area (Å²) in [6.07, 6.45) is 1.53. The zero-order chi connectivity index (χ0) is 12.3. The quantitative estimate of drug-likeness (QED) is 0.788.